The summed E-state index contributed by atoms with van der Waals surface area (Å²) in [6.45, 7) is 3.97. The van der Waals surface area contributed by atoms with Gasteiger partial charge in [0.25, 0.3) is 0 Å². The Morgan fingerprint density at radius 1 is 1.17 bits per heavy atom. The van der Waals surface area contributed by atoms with E-state index in [2.05, 4.69) is 17.0 Å². The molecule has 2 rings (SSSR count). The molecule has 2 aliphatic rings. The third-order valence-corrected chi connectivity index (χ3v) is 5.99. The zero-order chi connectivity index (χ0) is 13.1. The number of nitrogens with one attached hydrogen (secondary N) is 2. The first-order valence-corrected chi connectivity index (χ1v) is 8.87. The van der Waals surface area contributed by atoms with Crippen LogP contribution >= 0.6 is 0 Å². The molecule has 0 aromatic rings. The highest BCUT2D eigenvalue weighted by molar-refractivity contribution is 7.89. The van der Waals surface area contributed by atoms with Crippen LogP contribution in [0.3, 0.4) is 0 Å². The van der Waals surface area contributed by atoms with Crippen LogP contribution in [0.15, 0.2) is 0 Å². The molecule has 0 radical (unpaired) electrons. The number of hydrogen-bond donors (Lipinski definition) is 2. The van der Waals surface area contributed by atoms with Crippen molar-refractivity contribution in [2.45, 2.75) is 57.4 Å². The van der Waals surface area contributed by atoms with Gasteiger partial charge in [0, 0.05) is 5.54 Å². The molecule has 1 aliphatic carbocycles. The van der Waals surface area contributed by atoms with Crippen LogP contribution in [0.25, 0.3) is 0 Å². The Morgan fingerprint density at radius 2 is 1.78 bits per heavy atom. The molecule has 0 spiro atoms. The van der Waals surface area contributed by atoms with Crippen LogP contribution in [-0.4, -0.2) is 32.8 Å². The van der Waals surface area contributed by atoms with Gasteiger partial charge < -0.3 is 5.32 Å². The monoisotopic (exact) mass is 274 g/mol. The first-order valence-electron chi connectivity index (χ1n) is 7.22. The fraction of sp³-hybridized carbons (Fsp3) is 1.00. The molecule has 0 aromatic heterocycles. The van der Waals surface area contributed by atoms with Gasteiger partial charge in [-0.25, -0.2) is 13.1 Å². The van der Waals surface area contributed by atoms with Gasteiger partial charge in [0.05, 0.1) is 5.75 Å². The fourth-order valence-corrected chi connectivity index (χ4v) is 5.20. The molecule has 1 heterocycles. The zero-order valence-corrected chi connectivity index (χ0v) is 12.2. The molecule has 0 atom stereocenters. The van der Waals surface area contributed by atoms with Crippen molar-refractivity contribution in [3.05, 3.63) is 0 Å². The van der Waals surface area contributed by atoms with E-state index in [-0.39, 0.29) is 5.54 Å². The Morgan fingerprint density at radius 3 is 2.39 bits per heavy atom. The largest absolute Gasteiger partial charge is 0.317 e. The summed E-state index contributed by atoms with van der Waals surface area (Å²) in [5, 5.41) is 3.27. The molecule has 1 aliphatic heterocycles. The van der Waals surface area contributed by atoms with E-state index < -0.39 is 10.0 Å². The summed E-state index contributed by atoms with van der Waals surface area (Å²) in [6, 6.07) is 0. The summed E-state index contributed by atoms with van der Waals surface area (Å²) < 4.78 is 27.5. The van der Waals surface area contributed by atoms with Crippen molar-refractivity contribution in [3.63, 3.8) is 0 Å². The molecule has 0 aromatic carbocycles. The van der Waals surface area contributed by atoms with Gasteiger partial charge in [-0.15, -0.1) is 0 Å². The SMILES string of the molecule is CC1(NS(=O)(=O)CC2CCNCC2)CCCCC1. The summed E-state index contributed by atoms with van der Waals surface area (Å²) in [5.41, 5.74) is -0.190. The van der Waals surface area contributed by atoms with Crippen molar-refractivity contribution >= 4 is 10.0 Å². The van der Waals surface area contributed by atoms with Gasteiger partial charge in [-0.1, -0.05) is 19.3 Å². The minimum absolute atomic E-state index is 0.190. The van der Waals surface area contributed by atoms with E-state index in [4.69, 9.17) is 0 Å². The van der Waals surface area contributed by atoms with Crippen LogP contribution in [0.1, 0.15) is 51.9 Å². The van der Waals surface area contributed by atoms with Gasteiger partial charge in [0.2, 0.25) is 10.0 Å². The average molecular weight is 274 g/mol. The molecule has 0 unspecified atom stereocenters. The molecule has 2 N–H and O–H groups in total. The van der Waals surface area contributed by atoms with Crippen molar-refractivity contribution in [2.24, 2.45) is 5.92 Å². The van der Waals surface area contributed by atoms with Gasteiger partial charge in [-0.2, -0.15) is 0 Å². The third kappa shape index (κ3) is 4.21. The average Bonchev–Trinajstić information content (AvgIpc) is 2.29. The Balaban J connectivity index is 1.89. The maximum atomic E-state index is 12.2. The van der Waals surface area contributed by atoms with Crippen LogP contribution in [0.2, 0.25) is 0 Å². The van der Waals surface area contributed by atoms with Crippen molar-refractivity contribution in [1.82, 2.24) is 10.0 Å². The second-order valence-electron chi connectivity index (χ2n) is 6.20. The molecule has 2 fully saturated rings. The van der Waals surface area contributed by atoms with Crippen LogP contribution in [0.4, 0.5) is 0 Å². The van der Waals surface area contributed by atoms with E-state index >= 15 is 0 Å². The van der Waals surface area contributed by atoms with Crippen molar-refractivity contribution in [1.29, 1.82) is 0 Å². The van der Waals surface area contributed by atoms with Gasteiger partial charge >= 0.3 is 0 Å². The standard InChI is InChI=1S/C13H26N2O2S/c1-13(7-3-2-4-8-13)15-18(16,17)11-12-5-9-14-10-6-12/h12,14-15H,2-11H2,1H3. The van der Waals surface area contributed by atoms with E-state index in [9.17, 15) is 8.42 Å². The minimum Gasteiger partial charge on any atom is -0.317 e. The topological polar surface area (TPSA) is 58.2 Å². The minimum atomic E-state index is -3.12. The van der Waals surface area contributed by atoms with Gasteiger partial charge in [0.1, 0.15) is 0 Å². The first-order chi connectivity index (χ1) is 8.49. The van der Waals surface area contributed by atoms with E-state index in [1.807, 2.05) is 0 Å². The van der Waals surface area contributed by atoms with Crippen molar-refractivity contribution in [3.8, 4) is 0 Å². The second kappa shape index (κ2) is 5.88. The highest BCUT2D eigenvalue weighted by atomic mass is 32.2. The Bertz CT molecular complexity index is 355. The predicted octanol–water partition coefficient (Wildman–Crippen LogP) is 1.63. The van der Waals surface area contributed by atoms with Crippen molar-refractivity contribution < 1.29 is 8.42 Å². The molecule has 1 saturated carbocycles. The lowest BCUT2D eigenvalue weighted by molar-refractivity contribution is 0.292. The van der Waals surface area contributed by atoms with Gasteiger partial charge in [-0.05, 0) is 51.6 Å². The lowest BCUT2D eigenvalue weighted by Gasteiger charge is -2.35. The maximum absolute atomic E-state index is 12.2. The number of hydrogen-bond acceptors (Lipinski definition) is 3. The highest BCUT2D eigenvalue weighted by Crippen LogP contribution is 2.28. The normalized spacial score (nSPS) is 26.1. The summed E-state index contributed by atoms with van der Waals surface area (Å²) in [7, 11) is -3.12. The second-order valence-corrected chi connectivity index (χ2v) is 7.97. The number of piperidine rings is 1. The van der Waals surface area contributed by atoms with E-state index in [0.29, 0.717) is 11.7 Å². The Hall–Kier alpha value is -0.130. The molecule has 1 saturated heterocycles. The molecule has 18 heavy (non-hydrogen) atoms. The molecule has 5 heteroatoms. The smallest absolute Gasteiger partial charge is 0.212 e. The lowest BCUT2D eigenvalue weighted by atomic mass is 9.84. The Labute approximate surface area is 111 Å². The zero-order valence-electron chi connectivity index (χ0n) is 11.4. The van der Waals surface area contributed by atoms with Crippen LogP contribution in [-0.2, 0) is 10.0 Å². The van der Waals surface area contributed by atoms with E-state index in [0.717, 1.165) is 51.6 Å². The predicted molar refractivity (Wildman–Crippen MR) is 74.0 cm³/mol. The molecule has 0 bridgehead atoms. The first kappa shape index (κ1) is 14.3. The Kier molecular flexibility index (Phi) is 4.67. The van der Waals surface area contributed by atoms with Gasteiger partial charge in [0.15, 0.2) is 0 Å². The fourth-order valence-electron chi connectivity index (χ4n) is 3.21. The van der Waals surface area contributed by atoms with Gasteiger partial charge in [-0.3, -0.25) is 0 Å². The van der Waals surface area contributed by atoms with Crippen LogP contribution < -0.4 is 10.0 Å². The molecule has 4 nitrogen and oxygen atoms in total. The summed E-state index contributed by atoms with van der Waals surface area (Å²) >= 11 is 0. The van der Waals surface area contributed by atoms with E-state index in [1.54, 1.807) is 0 Å². The lowest BCUT2D eigenvalue weighted by Crippen LogP contribution is -2.49. The molecular formula is C13H26N2O2S. The third-order valence-electron chi connectivity index (χ3n) is 4.27. The summed E-state index contributed by atoms with van der Waals surface area (Å²) in [5.74, 6) is 0.639. The number of sulfonamides is 1. The summed E-state index contributed by atoms with van der Waals surface area (Å²) in [4.78, 5) is 0. The molecule has 0 amide bonds. The van der Waals surface area contributed by atoms with Crippen molar-refractivity contribution in [2.75, 3.05) is 18.8 Å². The van der Waals surface area contributed by atoms with E-state index in [1.165, 1.54) is 6.42 Å². The highest BCUT2D eigenvalue weighted by Gasteiger charge is 2.32. The van der Waals surface area contributed by atoms with Crippen LogP contribution in [0.5, 0.6) is 0 Å². The molecule has 106 valence electrons. The number of rotatable bonds is 4. The quantitative estimate of drug-likeness (QED) is 0.819. The molecular weight excluding hydrogens is 248 g/mol. The summed E-state index contributed by atoms with van der Waals surface area (Å²) in [6.07, 6.45) is 7.47. The van der Waals surface area contributed by atoms with Crippen LogP contribution in [0, 0.1) is 5.92 Å². The maximum Gasteiger partial charge on any atom is 0.212 e.